The highest BCUT2D eigenvalue weighted by molar-refractivity contribution is 7.84. The fourth-order valence-electron chi connectivity index (χ4n) is 1.65. The van der Waals surface area contributed by atoms with Gasteiger partial charge in [0.15, 0.2) is 0 Å². The van der Waals surface area contributed by atoms with Crippen LogP contribution in [0.2, 0.25) is 0 Å². The molecule has 1 aromatic carbocycles. The Kier molecular flexibility index (Phi) is 5.91. The maximum Gasteiger partial charge on any atom is 0.270 e. The maximum absolute atomic E-state index is 12.1. The third kappa shape index (κ3) is 4.29. The van der Waals surface area contributed by atoms with Crippen molar-refractivity contribution in [3.63, 3.8) is 0 Å². The van der Waals surface area contributed by atoms with Gasteiger partial charge in [0, 0.05) is 33.7 Å². The van der Waals surface area contributed by atoms with E-state index in [2.05, 4.69) is 0 Å². The minimum atomic E-state index is -1.13. The molecule has 0 fully saturated rings. The van der Waals surface area contributed by atoms with E-state index in [4.69, 9.17) is 10.5 Å². The number of nitro benzene ring substituents is 1. The van der Waals surface area contributed by atoms with Gasteiger partial charge in [0.25, 0.3) is 5.69 Å². The lowest BCUT2D eigenvalue weighted by Crippen LogP contribution is -2.17. The number of nitro groups is 1. The number of nitrogens with zero attached hydrogens (tertiary/aromatic N) is 1. The molecule has 0 spiro atoms. The molecular formula is C12H18N2O4S. The number of hydrogen-bond acceptors (Lipinski definition) is 5. The second kappa shape index (κ2) is 7.20. The topological polar surface area (TPSA) is 95.5 Å². The van der Waals surface area contributed by atoms with Gasteiger partial charge in [-0.1, -0.05) is 6.92 Å². The second-order valence-corrected chi connectivity index (χ2v) is 6.02. The van der Waals surface area contributed by atoms with Crippen LogP contribution in [0.3, 0.4) is 0 Å². The maximum atomic E-state index is 12.1. The Morgan fingerprint density at radius 1 is 1.53 bits per heavy atom. The Balaban J connectivity index is 2.94. The molecule has 0 aliphatic rings. The van der Waals surface area contributed by atoms with Crippen LogP contribution in [0.4, 0.5) is 5.69 Å². The predicted octanol–water partition coefficient (Wildman–Crippen LogP) is 1.59. The van der Waals surface area contributed by atoms with Gasteiger partial charge < -0.3 is 10.5 Å². The molecule has 6 nitrogen and oxygen atoms in total. The molecule has 0 bridgehead atoms. The number of hydrogen-bond donors (Lipinski definition) is 1. The summed E-state index contributed by atoms with van der Waals surface area (Å²) in [6, 6.07) is 4.30. The van der Waals surface area contributed by atoms with Gasteiger partial charge in [-0.2, -0.15) is 0 Å². The molecule has 0 aromatic heterocycles. The van der Waals surface area contributed by atoms with Gasteiger partial charge in [-0.3, -0.25) is 14.3 Å². The Morgan fingerprint density at radius 3 is 2.74 bits per heavy atom. The first kappa shape index (κ1) is 15.6. The number of ether oxygens (including phenoxy) is 1. The van der Waals surface area contributed by atoms with Crippen LogP contribution < -0.4 is 10.5 Å². The van der Waals surface area contributed by atoms with Crippen LogP contribution in [0, 0.1) is 10.1 Å². The first-order valence-corrected chi connectivity index (χ1v) is 7.26. The monoisotopic (exact) mass is 286 g/mol. The summed E-state index contributed by atoms with van der Waals surface area (Å²) in [6.07, 6.45) is 0.657. The minimum Gasteiger partial charge on any atom is -0.496 e. The van der Waals surface area contributed by atoms with E-state index in [9.17, 15) is 14.3 Å². The van der Waals surface area contributed by atoms with E-state index in [1.165, 1.54) is 25.3 Å². The van der Waals surface area contributed by atoms with Gasteiger partial charge in [0.2, 0.25) is 0 Å². The summed E-state index contributed by atoms with van der Waals surface area (Å²) in [5, 5.41) is 10.7. The number of methoxy groups -OCH3 is 1. The molecule has 1 aromatic rings. The first-order valence-electron chi connectivity index (χ1n) is 5.88. The third-order valence-corrected chi connectivity index (χ3v) is 4.52. The lowest BCUT2D eigenvalue weighted by molar-refractivity contribution is -0.384. The van der Waals surface area contributed by atoms with Crippen molar-refractivity contribution in [3.8, 4) is 5.75 Å². The van der Waals surface area contributed by atoms with Crippen LogP contribution in [0.5, 0.6) is 5.75 Å². The summed E-state index contributed by atoms with van der Waals surface area (Å²) >= 11 is 0. The Morgan fingerprint density at radius 2 is 2.21 bits per heavy atom. The smallest absolute Gasteiger partial charge is 0.270 e. The molecule has 1 rings (SSSR count). The molecule has 0 aliphatic carbocycles. The fourth-order valence-corrected chi connectivity index (χ4v) is 2.87. The van der Waals surface area contributed by atoms with Crippen LogP contribution in [-0.2, 0) is 16.6 Å². The lowest BCUT2D eigenvalue weighted by atomic mass is 10.2. The SMILES string of the molecule is COc1ccc([N+](=O)[O-])cc1CS(=O)C(C)CCN. The highest BCUT2D eigenvalue weighted by Gasteiger charge is 2.16. The summed E-state index contributed by atoms with van der Waals surface area (Å²) < 4.78 is 17.2. The summed E-state index contributed by atoms with van der Waals surface area (Å²) in [7, 11) is 0.351. The van der Waals surface area contributed by atoms with Crippen molar-refractivity contribution >= 4 is 16.5 Å². The number of benzene rings is 1. The van der Waals surface area contributed by atoms with Gasteiger partial charge in [-0.05, 0) is 19.0 Å². The second-order valence-electron chi connectivity index (χ2n) is 4.17. The van der Waals surface area contributed by atoms with E-state index in [1.54, 1.807) is 0 Å². The predicted molar refractivity (Wildman–Crippen MR) is 74.6 cm³/mol. The molecule has 0 aliphatic heterocycles. The number of rotatable bonds is 7. The minimum absolute atomic E-state index is 0.0284. The highest BCUT2D eigenvalue weighted by Crippen LogP contribution is 2.26. The standard InChI is InChI=1S/C12H18N2O4S/c1-9(5-6-13)19(17)8-10-7-11(14(15)16)3-4-12(10)18-2/h3-4,7,9H,5-6,8,13H2,1-2H3. The third-order valence-electron chi connectivity index (χ3n) is 2.79. The molecule has 7 heteroatoms. The van der Waals surface area contributed by atoms with Gasteiger partial charge in [-0.15, -0.1) is 0 Å². The molecule has 2 N–H and O–H groups in total. The zero-order valence-corrected chi connectivity index (χ0v) is 11.8. The quantitative estimate of drug-likeness (QED) is 0.606. The van der Waals surface area contributed by atoms with E-state index >= 15 is 0 Å². The van der Waals surface area contributed by atoms with Crippen molar-refractivity contribution in [2.45, 2.75) is 24.3 Å². The number of non-ortho nitro benzene ring substituents is 1. The molecular weight excluding hydrogens is 268 g/mol. The molecule has 106 valence electrons. The van der Waals surface area contributed by atoms with Crippen LogP contribution in [0.15, 0.2) is 18.2 Å². The molecule has 0 heterocycles. The molecule has 2 atom stereocenters. The summed E-state index contributed by atoms with van der Waals surface area (Å²) in [4.78, 5) is 10.3. The van der Waals surface area contributed by atoms with E-state index < -0.39 is 15.7 Å². The van der Waals surface area contributed by atoms with Crippen LogP contribution >= 0.6 is 0 Å². The zero-order chi connectivity index (χ0) is 14.4. The van der Waals surface area contributed by atoms with Crippen LogP contribution in [-0.4, -0.2) is 28.0 Å². The Bertz CT molecular complexity index is 479. The summed E-state index contributed by atoms with van der Waals surface area (Å²) in [5.74, 6) is 0.741. The van der Waals surface area contributed by atoms with Crippen molar-refractivity contribution < 1.29 is 13.9 Å². The normalized spacial score (nSPS) is 13.8. The van der Waals surface area contributed by atoms with E-state index in [0.717, 1.165) is 0 Å². The molecule has 0 saturated heterocycles. The molecule has 2 unspecified atom stereocenters. The van der Waals surface area contributed by atoms with Gasteiger partial charge in [0.1, 0.15) is 5.75 Å². The Hall–Kier alpha value is -1.47. The molecule has 0 amide bonds. The highest BCUT2D eigenvalue weighted by atomic mass is 32.2. The van der Waals surface area contributed by atoms with Gasteiger partial charge in [-0.25, -0.2) is 0 Å². The first-order chi connectivity index (χ1) is 8.99. The lowest BCUT2D eigenvalue weighted by Gasteiger charge is -2.12. The van der Waals surface area contributed by atoms with Crippen molar-refractivity contribution in [3.05, 3.63) is 33.9 Å². The largest absolute Gasteiger partial charge is 0.496 e. The number of nitrogens with two attached hydrogens (primary N) is 1. The molecule has 0 saturated carbocycles. The van der Waals surface area contributed by atoms with E-state index in [1.807, 2.05) is 6.92 Å². The van der Waals surface area contributed by atoms with Crippen molar-refractivity contribution in [2.24, 2.45) is 5.73 Å². The van der Waals surface area contributed by atoms with Crippen LogP contribution in [0.25, 0.3) is 0 Å². The summed E-state index contributed by atoms with van der Waals surface area (Å²) in [6.45, 7) is 2.33. The summed E-state index contributed by atoms with van der Waals surface area (Å²) in [5.41, 5.74) is 5.99. The van der Waals surface area contributed by atoms with Crippen LogP contribution in [0.1, 0.15) is 18.9 Å². The zero-order valence-electron chi connectivity index (χ0n) is 11.0. The van der Waals surface area contributed by atoms with Crippen molar-refractivity contribution in [1.29, 1.82) is 0 Å². The fraction of sp³-hybridized carbons (Fsp3) is 0.500. The average molecular weight is 286 g/mol. The Labute approximate surface area is 114 Å². The average Bonchev–Trinajstić information content (AvgIpc) is 2.38. The van der Waals surface area contributed by atoms with Gasteiger partial charge >= 0.3 is 0 Å². The van der Waals surface area contributed by atoms with Gasteiger partial charge in [0.05, 0.1) is 17.8 Å². The molecule has 0 radical (unpaired) electrons. The van der Waals surface area contributed by atoms with Crippen molar-refractivity contribution in [2.75, 3.05) is 13.7 Å². The van der Waals surface area contributed by atoms with E-state index in [-0.39, 0.29) is 16.7 Å². The van der Waals surface area contributed by atoms with Crippen molar-refractivity contribution in [1.82, 2.24) is 0 Å². The van der Waals surface area contributed by atoms with E-state index in [0.29, 0.717) is 24.3 Å². The molecule has 19 heavy (non-hydrogen) atoms.